The molecule has 0 spiro atoms. The van der Waals surface area contributed by atoms with Crippen LogP contribution in [0, 0.1) is 0 Å². The fraction of sp³-hybridized carbons (Fsp3) is 0.571. The molecule has 1 aromatic rings. The van der Waals surface area contributed by atoms with E-state index in [2.05, 4.69) is 10.3 Å². The number of aromatic nitrogens is 1. The molecule has 1 aromatic heterocycles. The molecule has 20 heavy (non-hydrogen) atoms. The zero-order valence-corrected chi connectivity index (χ0v) is 12.9. The topological polar surface area (TPSA) is 65.5 Å². The van der Waals surface area contributed by atoms with Gasteiger partial charge < -0.3 is 15.3 Å². The summed E-state index contributed by atoms with van der Waals surface area (Å²) in [6.07, 6.45) is 2.92. The van der Waals surface area contributed by atoms with Crippen molar-refractivity contribution in [3.63, 3.8) is 0 Å². The number of anilines is 1. The van der Waals surface area contributed by atoms with E-state index in [1.165, 1.54) is 0 Å². The molecule has 6 heteroatoms. The summed E-state index contributed by atoms with van der Waals surface area (Å²) < 4.78 is 0. The van der Waals surface area contributed by atoms with Gasteiger partial charge >= 0.3 is 0 Å². The Balaban J connectivity index is 2.63. The van der Waals surface area contributed by atoms with E-state index in [4.69, 9.17) is 11.6 Å². The van der Waals surface area contributed by atoms with E-state index in [1.807, 2.05) is 13.8 Å². The standard InChI is InChI=1S/C14H22ClN3O2/c1-4-14(5-2,10-19)17-13(20)9-18(3)12-7-6-11(15)8-16-12/h6-8,19H,4-5,9-10H2,1-3H3,(H,17,20). The van der Waals surface area contributed by atoms with Gasteiger partial charge in [0.05, 0.1) is 23.7 Å². The van der Waals surface area contributed by atoms with Crippen LogP contribution in [0.25, 0.3) is 0 Å². The number of carbonyl (C=O) groups is 1. The number of hydrogen-bond acceptors (Lipinski definition) is 4. The first kappa shape index (κ1) is 16.7. The third kappa shape index (κ3) is 4.35. The summed E-state index contributed by atoms with van der Waals surface area (Å²) in [5.41, 5.74) is -0.536. The molecule has 0 bridgehead atoms. The maximum atomic E-state index is 12.1. The summed E-state index contributed by atoms with van der Waals surface area (Å²) in [5, 5.41) is 12.9. The number of hydrogen-bond donors (Lipinski definition) is 2. The van der Waals surface area contributed by atoms with Gasteiger partial charge in [-0.1, -0.05) is 25.4 Å². The third-order valence-corrected chi connectivity index (χ3v) is 3.77. The van der Waals surface area contributed by atoms with Gasteiger partial charge in [0, 0.05) is 13.2 Å². The minimum atomic E-state index is -0.536. The van der Waals surface area contributed by atoms with Crippen molar-refractivity contribution in [1.29, 1.82) is 0 Å². The largest absolute Gasteiger partial charge is 0.394 e. The van der Waals surface area contributed by atoms with E-state index in [0.29, 0.717) is 23.7 Å². The van der Waals surface area contributed by atoms with Crippen LogP contribution in [0.5, 0.6) is 0 Å². The highest BCUT2D eigenvalue weighted by Crippen LogP contribution is 2.15. The number of aliphatic hydroxyl groups excluding tert-OH is 1. The first-order valence-corrected chi connectivity index (χ1v) is 7.08. The number of nitrogens with zero attached hydrogens (tertiary/aromatic N) is 2. The molecular weight excluding hydrogens is 278 g/mol. The lowest BCUT2D eigenvalue weighted by Gasteiger charge is -2.31. The van der Waals surface area contributed by atoms with Crippen molar-refractivity contribution in [2.24, 2.45) is 0 Å². The fourth-order valence-electron chi connectivity index (χ4n) is 1.92. The van der Waals surface area contributed by atoms with Gasteiger partial charge in [-0.25, -0.2) is 4.98 Å². The highest BCUT2D eigenvalue weighted by molar-refractivity contribution is 6.30. The number of pyridine rings is 1. The lowest BCUT2D eigenvalue weighted by molar-refractivity contribution is -0.122. The Morgan fingerprint density at radius 3 is 2.55 bits per heavy atom. The molecule has 0 aromatic carbocycles. The van der Waals surface area contributed by atoms with E-state index in [9.17, 15) is 9.90 Å². The van der Waals surface area contributed by atoms with Gasteiger partial charge in [-0.3, -0.25) is 4.79 Å². The van der Waals surface area contributed by atoms with Crippen LogP contribution >= 0.6 is 11.6 Å². The number of amides is 1. The van der Waals surface area contributed by atoms with Crippen molar-refractivity contribution in [2.45, 2.75) is 32.2 Å². The predicted octanol–water partition coefficient (Wildman–Crippen LogP) is 1.84. The Morgan fingerprint density at radius 1 is 1.45 bits per heavy atom. The first-order valence-electron chi connectivity index (χ1n) is 6.71. The Morgan fingerprint density at radius 2 is 2.10 bits per heavy atom. The van der Waals surface area contributed by atoms with Gasteiger partial charge in [-0.2, -0.15) is 0 Å². The molecule has 0 radical (unpaired) electrons. The second-order valence-corrected chi connectivity index (χ2v) is 5.32. The van der Waals surface area contributed by atoms with Crippen LogP contribution in [0.3, 0.4) is 0 Å². The number of likely N-dealkylation sites (N-methyl/N-ethyl adjacent to an activating group) is 1. The Bertz CT molecular complexity index is 424. The average molecular weight is 300 g/mol. The van der Waals surface area contributed by atoms with Gasteiger partial charge in [0.25, 0.3) is 0 Å². The molecule has 0 saturated heterocycles. The van der Waals surface area contributed by atoms with Crippen LogP contribution in [-0.4, -0.2) is 41.7 Å². The zero-order chi connectivity index (χ0) is 15.2. The molecule has 0 unspecified atom stereocenters. The van der Waals surface area contributed by atoms with E-state index in [1.54, 1.807) is 30.3 Å². The van der Waals surface area contributed by atoms with E-state index in [-0.39, 0.29) is 19.1 Å². The van der Waals surface area contributed by atoms with E-state index < -0.39 is 5.54 Å². The molecule has 0 aliphatic rings. The molecule has 1 amide bonds. The summed E-state index contributed by atoms with van der Waals surface area (Å²) >= 11 is 5.78. The summed E-state index contributed by atoms with van der Waals surface area (Å²) in [6, 6.07) is 3.49. The molecule has 112 valence electrons. The maximum absolute atomic E-state index is 12.1. The quantitative estimate of drug-likeness (QED) is 0.806. The minimum absolute atomic E-state index is 0.0609. The molecule has 0 aliphatic heterocycles. The second kappa shape index (κ2) is 7.45. The monoisotopic (exact) mass is 299 g/mol. The fourth-order valence-corrected chi connectivity index (χ4v) is 2.03. The number of aliphatic hydroxyl groups is 1. The summed E-state index contributed by atoms with van der Waals surface area (Å²) in [7, 11) is 1.79. The Labute approximate surface area is 125 Å². The van der Waals surface area contributed by atoms with E-state index >= 15 is 0 Å². The predicted molar refractivity (Wildman–Crippen MR) is 81.1 cm³/mol. The van der Waals surface area contributed by atoms with Crippen LogP contribution in [0.2, 0.25) is 5.02 Å². The SMILES string of the molecule is CCC(CC)(CO)NC(=O)CN(C)c1ccc(Cl)cn1. The molecule has 1 heterocycles. The average Bonchev–Trinajstić information content (AvgIpc) is 2.45. The minimum Gasteiger partial charge on any atom is -0.394 e. The van der Waals surface area contributed by atoms with Gasteiger partial charge in [0.2, 0.25) is 5.91 Å². The van der Waals surface area contributed by atoms with Crippen LogP contribution in [0.4, 0.5) is 5.82 Å². The number of nitrogens with one attached hydrogen (secondary N) is 1. The normalized spacial score (nSPS) is 11.2. The van der Waals surface area contributed by atoms with Crippen molar-refractivity contribution >= 4 is 23.3 Å². The molecule has 0 fully saturated rings. The lowest BCUT2D eigenvalue weighted by Crippen LogP contribution is -2.53. The van der Waals surface area contributed by atoms with Gasteiger partial charge in [0.1, 0.15) is 5.82 Å². The van der Waals surface area contributed by atoms with Crippen LogP contribution in [0.1, 0.15) is 26.7 Å². The Hall–Kier alpha value is -1.33. The molecule has 1 rings (SSSR count). The van der Waals surface area contributed by atoms with Crippen molar-refractivity contribution in [3.05, 3.63) is 23.4 Å². The van der Waals surface area contributed by atoms with Crippen molar-refractivity contribution in [2.75, 3.05) is 25.1 Å². The van der Waals surface area contributed by atoms with Crippen molar-refractivity contribution in [3.8, 4) is 0 Å². The Kier molecular flexibility index (Phi) is 6.23. The zero-order valence-electron chi connectivity index (χ0n) is 12.2. The molecule has 2 N–H and O–H groups in total. The summed E-state index contributed by atoms with van der Waals surface area (Å²) in [5.74, 6) is 0.536. The van der Waals surface area contributed by atoms with Gasteiger partial charge in [-0.15, -0.1) is 0 Å². The third-order valence-electron chi connectivity index (χ3n) is 3.54. The maximum Gasteiger partial charge on any atom is 0.240 e. The van der Waals surface area contributed by atoms with Crippen LogP contribution in [0.15, 0.2) is 18.3 Å². The molecular formula is C14H22ClN3O2. The number of halogens is 1. The van der Waals surface area contributed by atoms with Crippen LogP contribution < -0.4 is 10.2 Å². The highest BCUT2D eigenvalue weighted by Gasteiger charge is 2.27. The molecule has 0 saturated carbocycles. The molecule has 0 atom stereocenters. The number of carbonyl (C=O) groups excluding carboxylic acids is 1. The first-order chi connectivity index (χ1) is 9.46. The van der Waals surface area contributed by atoms with Crippen molar-refractivity contribution in [1.82, 2.24) is 10.3 Å². The smallest absolute Gasteiger partial charge is 0.240 e. The summed E-state index contributed by atoms with van der Waals surface area (Å²) in [4.78, 5) is 18.0. The van der Waals surface area contributed by atoms with Crippen LogP contribution in [-0.2, 0) is 4.79 Å². The highest BCUT2D eigenvalue weighted by atomic mass is 35.5. The second-order valence-electron chi connectivity index (χ2n) is 4.88. The number of rotatable bonds is 7. The summed E-state index contributed by atoms with van der Waals surface area (Å²) in [6.45, 7) is 4.01. The van der Waals surface area contributed by atoms with E-state index in [0.717, 1.165) is 0 Å². The lowest BCUT2D eigenvalue weighted by atomic mass is 9.94. The van der Waals surface area contributed by atoms with Crippen molar-refractivity contribution < 1.29 is 9.90 Å². The van der Waals surface area contributed by atoms with Gasteiger partial charge in [-0.05, 0) is 25.0 Å². The molecule has 0 aliphatic carbocycles. The van der Waals surface area contributed by atoms with Gasteiger partial charge in [0.15, 0.2) is 0 Å². The molecule has 5 nitrogen and oxygen atoms in total.